The van der Waals surface area contributed by atoms with E-state index in [2.05, 4.69) is 4.90 Å². The first-order valence-electron chi connectivity index (χ1n) is 10.2. The van der Waals surface area contributed by atoms with Gasteiger partial charge in [0.25, 0.3) is 5.91 Å². The van der Waals surface area contributed by atoms with E-state index in [4.69, 9.17) is 9.47 Å². The lowest BCUT2D eigenvalue weighted by Gasteiger charge is -2.35. The maximum Gasteiger partial charge on any atom is 0.260 e. The summed E-state index contributed by atoms with van der Waals surface area (Å²) in [6.45, 7) is 5.00. The highest BCUT2D eigenvalue weighted by atomic mass is 16.5. The van der Waals surface area contributed by atoms with Crippen LogP contribution in [0.25, 0.3) is 0 Å². The Morgan fingerprint density at radius 1 is 0.786 bits per heavy atom. The predicted molar refractivity (Wildman–Crippen MR) is 107 cm³/mol. The van der Waals surface area contributed by atoms with Crippen LogP contribution >= 0.6 is 0 Å². The highest BCUT2D eigenvalue weighted by Crippen LogP contribution is 2.17. The summed E-state index contributed by atoms with van der Waals surface area (Å²) in [5, 5.41) is 0. The molecular weight excluding hydrogens is 358 g/mol. The Morgan fingerprint density at radius 3 is 1.96 bits per heavy atom. The van der Waals surface area contributed by atoms with E-state index >= 15 is 0 Å². The summed E-state index contributed by atoms with van der Waals surface area (Å²) >= 11 is 0. The van der Waals surface area contributed by atoms with Gasteiger partial charge in [0.05, 0.1) is 13.7 Å². The first-order valence-corrected chi connectivity index (χ1v) is 10.2. The Kier molecular flexibility index (Phi) is 7.54. The fourth-order valence-corrected chi connectivity index (χ4v) is 3.68. The van der Waals surface area contributed by atoms with E-state index in [0.29, 0.717) is 25.4 Å². The lowest BCUT2D eigenvalue weighted by atomic mass is 10.2. The van der Waals surface area contributed by atoms with Gasteiger partial charge in [-0.25, -0.2) is 0 Å². The molecule has 1 aromatic rings. The van der Waals surface area contributed by atoms with Crippen LogP contribution in [0.5, 0.6) is 11.5 Å². The summed E-state index contributed by atoms with van der Waals surface area (Å²) in [7, 11) is 1.61. The first-order chi connectivity index (χ1) is 13.7. The summed E-state index contributed by atoms with van der Waals surface area (Å²) in [5.41, 5.74) is 0. The predicted octanol–water partition coefficient (Wildman–Crippen LogP) is 1.62. The minimum atomic E-state index is -0.0192. The van der Waals surface area contributed by atoms with Gasteiger partial charge in [-0.2, -0.15) is 0 Å². The molecule has 2 saturated heterocycles. The van der Waals surface area contributed by atoms with Gasteiger partial charge in [-0.05, 0) is 37.1 Å². The molecule has 0 radical (unpaired) electrons. The van der Waals surface area contributed by atoms with E-state index in [0.717, 1.165) is 44.8 Å². The van der Waals surface area contributed by atoms with Crippen LogP contribution in [0, 0.1) is 0 Å². The standard InChI is InChI=1S/C21H31N3O4/c1-27-18-6-8-19(9-7-18)28-17-21(26)24-14-12-22(13-15-24)16-20(25)23-10-4-2-3-5-11-23/h6-9H,2-5,10-17H2,1H3. The Labute approximate surface area is 167 Å². The fourth-order valence-electron chi connectivity index (χ4n) is 3.68. The van der Waals surface area contributed by atoms with Crippen molar-refractivity contribution < 1.29 is 19.1 Å². The smallest absolute Gasteiger partial charge is 0.260 e. The van der Waals surface area contributed by atoms with Crippen LogP contribution in [0.3, 0.4) is 0 Å². The number of carbonyl (C=O) groups excluding carboxylic acids is 2. The van der Waals surface area contributed by atoms with E-state index in [1.165, 1.54) is 12.8 Å². The first kappa shape index (κ1) is 20.5. The van der Waals surface area contributed by atoms with Crippen LogP contribution in [0.15, 0.2) is 24.3 Å². The molecule has 2 heterocycles. The van der Waals surface area contributed by atoms with Crippen LogP contribution in [-0.4, -0.2) is 86.0 Å². The van der Waals surface area contributed by atoms with Gasteiger partial charge in [0.2, 0.25) is 5.91 Å². The van der Waals surface area contributed by atoms with Crippen molar-refractivity contribution >= 4 is 11.8 Å². The average molecular weight is 389 g/mol. The van der Waals surface area contributed by atoms with Crippen molar-refractivity contribution in [2.75, 3.05) is 59.5 Å². The number of nitrogens with zero attached hydrogens (tertiary/aromatic N) is 3. The summed E-state index contributed by atoms with van der Waals surface area (Å²) < 4.78 is 10.7. The highest BCUT2D eigenvalue weighted by molar-refractivity contribution is 5.79. The fraction of sp³-hybridized carbons (Fsp3) is 0.619. The normalized spacial score (nSPS) is 18.5. The van der Waals surface area contributed by atoms with E-state index in [9.17, 15) is 9.59 Å². The second-order valence-corrected chi connectivity index (χ2v) is 7.42. The third-order valence-electron chi connectivity index (χ3n) is 5.46. The lowest BCUT2D eigenvalue weighted by Crippen LogP contribution is -2.52. The maximum absolute atomic E-state index is 12.5. The van der Waals surface area contributed by atoms with Crippen LogP contribution in [-0.2, 0) is 9.59 Å². The third kappa shape index (κ3) is 5.86. The lowest BCUT2D eigenvalue weighted by molar-refractivity contribution is -0.136. The molecule has 0 spiro atoms. The quantitative estimate of drug-likeness (QED) is 0.740. The molecule has 2 aliphatic heterocycles. The number of benzene rings is 1. The van der Waals surface area contributed by atoms with E-state index in [1.807, 2.05) is 9.80 Å². The zero-order valence-electron chi connectivity index (χ0n) is 16.8. The zero-order chi connectivity index (χ0) is 19.8. The second-order valence-electron chi connectivity index (χ2n) is 7.42. The number of rotatable bonds is 6. The maximum atomic E-state index is 12.5. The molecule has 154 valence electrons. The zero-order valence-corrected chi connectivity index (χ0v) is 16.8. The van der Waals surface area contributed by atoms with Crippen molar-refractivity contribution in [3.05, 3.63) is 24.3 Å². The van der Waals surface area contributed by atoms with Gasteiger partial charge in [0, 0.05) is 39.3 Å². The van der Waals surface area contributed by atoms with Crippen molar-refractivity contribution in [2.24, 2.45) is 0 Å². The SMILES string of the molecule is COc1ccc(OCC(=O)N2CCN(CC(=O)N3CCCCCC3)CC2)cc1. The molecule has 0 aromatic heterocycles. The number of hydrogen-bond donors (Lipinski definition) is 0. The molecular formula is C21H31N3O4. The van der Waals surface area contributed by atoms with Crippen LogP contribution in [0.2, 0.25) is 0 Å². The van der Waals surface area contributed by atoms with Crippen molar-refractivity contribution in [1.82, 2.24) is 14.7 Å². The van der Waals surface area contributed by atoms with E-state index < -0.39 is 0 Å². The summed E-state index contributed by atoms with van der Waals surface area (Å²) in [5.74, 6) is 1.61. The molecule has 7 nitrogen and oxygen atoms in total. The molecule has 2 fully saturated rings. The summed E-state index contributed by atoms with van der Waals surface area (Å²) in [4.78, 5) is 30.9. The highest BCUT2D eigenvalue weighted by Gasteiger charge is 2.24. The Balaban J connectivity index is 1.37. The number of ether oxygens (including phenoxy) is 2. The second kappa shape index (κ2) is 10.3. The van der Waals surface area contributed by atoms with E-state index in [-0.39, 0.29) is 18.4 Å². The van der Waals surface area contributed by atoms with Gasteiger partial charge in [-0.15, -0.1) is 0 Å². The number of likely N-dealkylation sites (tertiary alicyclic amines) is 1. The molecule has 0 unspecified atom stereocenters. The minimum absolute atomic E-state index is 0.0192. The Bertz CT molecular complexity index is 634. The van der Waals surface area contributed by atoms with Gasteiger partial charge in [-0.1, -0.05) is 12.8 Å². The Morgan fingerprint density at radius 2 is 1.36 bits per heavy atom. The molecule has 3 rings (SSSR count). The van der Waals surface area contributed by atoms with Gasteiger partial charge in [0.15, 0.2) is 6.61 Å². The summed E-state index contributed by atoms with van der Waals surface area (Å²) in [6.07, 6.45) is 4.68. The number of methoxy groups -OCH3 is 1. The van der Waals surface area contributed by atoms with Gasteiger partial charge < -0.3 is 19.3 Å². The molecule has 0 aliphatic carbocycles. The number of piperazine rings is 1. The molecule has 0 N–H and O–H groups in total. The van der Waals surface area contributed by atoms with Crippen LogP contribution < -0.4 is 9.47 Å². The van der Waals surface area contributed by atoms with Gasteiger partial charge >= 0.3 is 0 Å². The van der Waals surface area contributed by atoms with Crippen LogP contribution in [0.1, 0.15) is 25.7 Å². The molecule has 28 heavy (non-hydrogen) atoms. The van der Waals surface area contributed by atoms with E-state index in [1.54, 1.807) is 31.4 Å². The largest absolute Gasteiger partial charge is 0.497 e. The number of carbonyl (C=O) groups is 2. The number of amides is 2. The van der Waals surface area contributed by atoms with Crippen molar-refractivity contribution in [1.29, 1.82) is 0 Å². The topological polar surface area (TPSA) is 62.3 Å². The molecule has 0 bridgehead atoms. The van der Waals surface area contributed by atoms with Crippen molar-refractivity contribution in [3.63, 3.8) is 0 Å². The number of hydrogen-bond acceptors (Lipinski definition) is 5. The minimum Gasteiger partial charge on any atom is -0.497 e. The summed E-state index contributed by atoms with van der Waals surface area (Å²) in [6, 6.07) is 7.19. The molecule has 2 amide bonds. The molecule has 0 saturated carbocycles. The van der Waals surface area contributed by atoms with Gasteiger partial charge in [0.1, 0.15) is 11.5 Å². The monoisotopic (exact) mass is 389 g/mol. The van der Waals surface area contributed by atoms with Crippen molar-refractivity contribution in [2.45, 2.75) is 25.7 Å². The molecule has 2 aliphatic rings. The van der Waals surface area contributed by atoms with Gasteiger partial charge in [-0.3, -0.25) is 14.5 Å². The molecule has 1 aromatic carbocycles. The Hall–Kier alpha value is -2.28. The molecule has 0 atom stereocenters. The van der Waals surface area contributed by atoms with Crippen LogP contribution in [0.4, 0.5) is 0 Å². The third-order valence-corrected chi connectivity index (χ3v) is 5.46. The average Bonchev–Trinajstić information content (AvgIpc) is 3.02. The van der Waals surface area contributed by atoms with Crippen molar-refractivity contribution in [3.8, 4) is 11.5 Å². The molecule has 7 heteroatoms.